The first-order valence-corrected chi connectivity index (χ1v) is 9.10. The minimum atomic E-state index is 0.381. The smallest absolute Gasteiger partial charge is 0.122 e. The summed E-state index contributed by atoms with van der Waals surface area (Å²) in [5.74, 6) is 0.449. The van der Waals surface area contributed by atoms with Crippen LogP contribution in [-0.4, -0.2) is 18.9 Å². The van der Waals surface area contributed by atoms with Crippen LogP contribution in [0.25, 0.3) is 0 Å². The van der Waals surface area contributed by atoms with Gasteiger partial charge in [-0.3, -0.25) is 0 Å². The van der Waals surface area contributed by atoms with E-state index in [2.05, 4.69) is 67.3 Å². The van der Waals surface area contributed by atoms with Crippen molar-refractivity contribution in [1.29, 1.82) is 0 Å². The largest absolute Gasteiger partial charge is 0.368 e. The van der Waals surface area contributed by atoms with Gasteiger partial charge in [-0.05, 0) is 55.0 Å². The van der Waals surface area contributed by atoms with E-state index in [1.807, 2.05) is 0 Å². The van der Waals surface area contributed by atoms with Crippen molar-refractivity contribution in [2.75, 3.05) is 11.4 Å². The number of rotatable bonds is 6. The summed E-state index contributed by atoms with van der Waals surface area (Å²) >= 11 is 0. The number of carbonyl (C=O) groups is 1. The van der Waals surface area contributed by atoms with Gasteiger partial charge in [0.2, 0.25) is 0 Å². The van der Waals surface area contributed by atoms with Crippen LogP contribution in [0, 0.1) is 6.92 Å². The topological polar surface area (TPSA) is 20.3 Å². The minimum absolute atomic E-state index is 0.381. The highest BCUT2D eigenvalue weighted by atomic mass is 16.1. The Morgan fingerprint density at radius 1 is 1.17 bits per heavy atom. The van der Waals surface area contributed by atoms with Crippen LogP contribution in [0.4, 0.5) is 5.69 Å². The Hall–Kier alpha value is -2.09. The third-order valence-electron chi connectivity index (χ3n) is 5.34. The zero-order valence-corrected chi connectivity index (χ0v) is 14.7. The molecule has 0 radical (unpaired) electrons. The molecule has 1 aliphatic rings. The Labute approximate surface area is 145 Å². The molecule has 24 heavy (non-hydrogen) atoms. The molecule has 2 aromatic carbocycles. The molecule has 0 amide bonds. The molecule has 0 bridgehead atoms. The lowest BCUT2D eigenvalue weighted by Crippen LogP contribution is -2.29. The van der Waals surface area contributed by atoms with Gasteiger partial charge in [-0.1, -0.05) is 43.3 Å². The molecule has 126 valence electrons. The van der Waals surface area contributed by atoms with Gasteiger partial charge in [-0.15, -0.1) is 0 Å². The van der Waals surface area contributed by atoms with Crippen molar-refractivity contribution < 1.29 is 4.79 Å². The summed E-state index contributed by atoms with van der Waals surface area (Å²) in [6.07, 6.45) is 5.11. The molecule has 1 heterocycles. The fraction of sp³-hybridized carbons (Fsp3) is 0.409. The molecule has 0 aliphatic carbocycles. The highest BCUT2D eigenvalue weighted by Gasteiger charge is 2.24. The van der Waals surface area contributed by atoms with Crippen molar-refractivity contribution in [1.82, 2.24) is 0 Å². The van der Waals surface area contributed by atoms with E-state index in [0.29, 0.717) is 18.4 Å². The second-order valence-corrected chi connectivity index (χ2v) is 6.80. The number of benzene rings is 2. The second-order valence-electron chi connectivity index (χ2n) is 6.80. The van der Waals surface area contributed by atoms with Crippen molar-refractivity contribution in [3.05, 3.63) is 65.2 Å². The molecule has 2 heteroatoms. The van der Waals surface area contributed by atoms with Crippen molar-refractivity contribution in [2.45, 2.75) is 51.5 Å². The van der Waals surface area contributed by atoms with Crippen molar-refractivity contribution >= 4 is 12.0 Å². The maximum absolute atomic E-state index is 10.9. The number of nitrogens with zero attached hydrogens (tertiary/aromatic N) is 1. The average Bonchev–Trinajstić information content (AvgIpc) is 3.06. The molecule has 0 aromatic heterocycles. The molecule has 0 N–H and O–H groups in total. The summed E-state index contributed by atoms with van der Waals surface area (Å²) in [7, 11) is 0. The summed E-state index contributed by atoms with van der Waals surface area (Å²) in [6.45, 7) is 5.51. The quantitative estimate of drug-likeness (QED) is 0.690. The average molecular weight is 321 g/mol. The van der Waals surface area contributed by atoms with Gasteiger partial charge in [0.05, 0.1) is 0 Å². The van der Waals surface area contributed by atoms with Crippen molar-refractivity contribution in [2.24, 2.45) is 0 Å². The predicted octanol–water partition coefficient (Wildman–Crippen LogP) is 5.09. The van der Waals surface area contributed by atoms with E-state index in [9.17, 15) is 4.79 Å². The van der Waals surface area contributed by atoms with Crippen LogP contribution in [-0.2, 0) is 4.79 Å². The summed E-state index contributed by atoms with van der Waals surface area (Å²) < 4.78 is 0. The van der Waals surface area contributed by atoms with E-state index in [1.54, 1.807) is 0 Å². The Bertz CT molecular complexity index is 677. The molecule has 2 unspecified atom stereocenters. The van der Waals surface area contributed by atoms with Crippen LogP contribution in [0.1, 0.15) is 55.2 Å². The number of aldehydes is 1. The molecule has 0 spiro atoms. The van der Waals surface area contributed by atoms with Crippen molar-refractivity contribution in [3.63, 3.8) is 0 Å². The fourth-order valence-corrected chi connectivity index (χ4v) is 4.04. The third kappa shape index (κ3) is 3.38. The first kappa shape index (κ1) is 16.8. The fourth-order valence-electron chi connectivity index (χ4n) is 4.04. The summed E-state index contributed by atoms with van der Waals surface area (Å²) in [4.78, 5) is 13.3. The van der Waals surface area contributed by atoms with Crippen LogP contribution in [0.5, 0.6) is 0 Å². The molecular weight excluding hydrogens is 294 g/mol. The van der Waals surface area contributed by atoms with Crippen LogP contribution in [0.3, 0.4) is 0 Å². The van der Waals surface area contributed by atoms with Crippen LogP contribution < -0.4 is 4.90 Å². The van der Waals surface area contributed by atoms with Crippen LogP contribution in [0.15, 0.2) is 48.5 Å². The molecule has 1 fully saturated rings. The Balaban J connectivity index is 1.83. The van der Waals surface area contributed by atoms with E-state index < -0.39 is 0 Å². The molecule has 3 rings (SSSR count). The number of anilines is 1. The van der Waals surface area contributed by atoms with E-state index in [0.717, 1.165) is 25.7 Å². The summed E-state index contributed by atoms with van der Waals surface area (Å²) in [6, 6.07) is 18.1. The highest BCUT2D eigenvalue weighted by Crippen LogP contribution is 2.33. The normalized spacial score (nSPS) is 18.6. The molecule has 2 atom stereocenters. The molecule has 1 aliphatic heterocycles. The zero-order chi connectivity index (χ0) is 16.9. The molecule has 2 nitrogen and oxygen atoms in total. The first-order chi connectivity index (χ1) is 11.7. The van der Waals surface area contributed by atoms with Gasteiger partial charge in [0.1, 0.15) is 6.29 Å². The Morgan fingerprint density at radius 2 is 1.92 bits per heavy atom. The Morgan fingerprint density at radius 3 is 2.58 bits per heavy atom. The van der Waals surface area contributed by atoms with Gasteiger partial charge in [-0.2, -0.15) is 0 Å². The van der Waals surface area contributed by atoms with Gasteiger partial charge in [0.15, 0.2) is 0 Å². The second kappa shape index (κ2) is 7.65. The Kier molecular flexibility index (Phi) is 5.34. The lowest BCUT2D eigenvalue weighted by Gasteiger charge is -2.26. The molecular formula is C22H27NO. The maximum atomic E-state index is 10.9. The molecule has 0 saturated carbocycles. The number of carbonyl (C=O) groups excluding carboxylic acids is 1. The summed E-state index contributed by atoms with van der Waals surface area (Å²) in [5.41, 5.74) is 5.41. The number of hydrogen-bond acceptors (Lipinski definition) is 2. The molecule has 2 aromatic rings. The minimum Gasteiger partial charge on any atom is -0.368 e. The monoisotopic (exact) mass is 321 g/mol. The van der Waals surface area contributed by atoms with Gasteiger partial charge in [0, 0.05) is 30.6 Å². The standard InChI is InChI=1S/C22H27NO/c1-3-21(22-9-5-4-7-17(22)2)18-10-12-20(13-11-18)23-15-6-8-19(23)14-16-24/h4-5,7,9-13,16,19,21H,3,6,8,14-15H2,1-2H3. The van der Waals surface area contributed by atoms with E-state index in [-0.39, 0.29) is 0 Å². The van der Waals surface area contributed by atoms with Gasteiger partial charge in [0.25, 0.3) is 0 Å². The zero-order valence-electron chi connectivity index (χ0n) is 14.7. The van der Waals surface area contributed by atoms with E-state index >= 15 is 0 Å². The van der Waals surface area contributed by atoms with E-state index in [1.165, 1.54) is 28.8 Å². The van der Waals surface area contributed by atoms with Gasteiger partial charge < -0.3 is 9.69 Å². The SMILES string of the molecule is CCC(c1ccc(N2CCCC2CC=O)cc1)c1ccccc1C. The summed E-state index contributed by atoms with van der Waals surface area (Å²) in [5, 5.41) is 0. The predicted molar refractivity (Wildman–Crippen MR) is 101 cm³/mol. The maximum Gasteiger partial charge on any atom is 0.122 e. The van der Waals surface area contributed by atoms with Gasteiger partial charge in [-0.25, -0.2) is 0 Å². The van der Waals surface area contributed by atoms with E-state index in [4.69, 9.17) is 0 Å². The van der Waals surface area contributed by atoms with Crippen LogP contribution >= 0.6 is 0 Å². The molecule has 1 saturated heterocycles. The van der Waals surface area contributed by atoms with Crippen molar-refractivity contribution in [3.8, 4) is 0 Å². The third-order valence-corrected chi connectivity index (χ3v) is 5.34. The highest BCUT2D eigenvalue weighted by molar-refractivity contribution is 5.56. The number of aryl methyl sites for hydroxylation is 1. The lowest BCUT2D eigenvalue weighted by atomic mass is 9.86. The van der Waals surface area contributed by atoms with Gasteiger partial charge >= 0.3 is 0 Å². The number of hydrogen-bond donors (Lipinski definition) is 0. The lowest BCUT2D eigenvalue weighted by molar-refractivity contribution is -0.108. The first-order valence-electron chi connectivity index (χ1n) is 9.10. The van der Waals surface area contributed by atoms with Crippen LogP contribution in [0.2, 0.25) is 0 Å².